The van der Waals surface area contributed by atoms with Crippen LogP contribution in [0.1, 0.15) is 21.5 Å². The number of aromatic carboxylic acids is 1. The van der Waals surface area contributed by atoms with Crippen LogP contribution in [0, 0.1) is 0 Å². The standard InChI is InChI=1S/C27H29NO8/c1-32-21-12-8-11-20(27(30)31)25(21)36-17-24(29)28(15-18-9-6-5-7-10-18)16-19-13-22(33-2)26(35-4)23(14-19)34-3/h5-14H,15-17H2,1-4H3,(H,30,31). The second-order valence-electron chi connectivity index (χ2n) is 7.70. The Morgan fingerprint density at radius 3 is 1.89 bits per heavy atom. The van der Waals surface area contributed by atoms with Crippen molar-refractivity contribution in [1.82, 2.24) is 4.90 Å². The van der Waals surface area contributed by atoms with Gasteiger partial charge in [-0.2, -0.15) is 0 Å². The molecule has 0 saturated carbocycles. The second-order valence-corrected chi connectivity index (χ2v) is 7.70. The molecule has 0 unspecified atom stereocenters. The maximum Gasteiger partial charge on any atom is 0.339 e. The highest BCUT2D eigenvalue weighted by Gasteiger charge is 2.22. The van der Waals surface area contributed by atoms with Crippen LogP contribution >= 0.6 is 0 Å². The highest BCUT2D eigenvalue weighted by atomic mass is 16.5. The third kappa shape index (κ3) is 6.18. The molecule has 0 radical (unpaired) electrons. The van der Waals surface area contributed by atoms with Crippen LogP contribution in [0.25, 0.3) is 0 Å². The van der Waals surface area contributed by atoms with Crippen molar-refractivity contribution in [3.8, 4) is 28.7 Å². The number of ether oxygens (including phenoxy) is 5. The van der Waals surface area contributed by atoms with E-state index in [1.165, 1.54) is 34.5 Å². The lowest BCUT2D eigenvalue weighted by Crippen LogP contribution is -2.34. The Kier molecular flexibility index (Phi) is 8.99. The second kappa shape index (κ2) is 12.3. The predicted molar refractivity (Wildman–Crippen MR) is 132 cm³/mol. The van der Waals surface area contributed by atoms with E-state index in [0.717, 1.165) is 11.1 Å². The molecular weight excluding hydrogens is 466 g/mol. The Bertz CT molecular complexity index is 1170. The number of amides is 1. The van der Waals surface area contributed by atoms with E-state index in [0.29, 0.717) is 23.8 Å². The SMILES string of the molecule is COc1cc(CN(Cc2ccccc2)C(=O)COc2c(OC)cccc2C(=O)O)cc(OC)c1OC. The number of carbonyl (C=O) groups is 2. The number of para-hydroxylation sites is 1. The van der Waals surface area contributed by atoms with E-state index >= 15 is 0 Å². The van der Waals surface area contributed by atoms with Crippen LogP contribution in [0.5, 0.6) is 28.7 Å². The minimum Gasteiger partial charge on any atom is -0.493 e. The number of methoxy groups -OCH3 is 4. The molecule has 0 aromatic heterocycles. The largest absolute Gasteiger partial charge is 0.493 e. The van der Waals surface area contributed by atoms with Gasteiger partial charge in [-0.1, -0.05) is 36.4 Å². The third-order valence-electron chi connectivity index (χ3n) is 5.44. The zero-order valence-electron chi connectivity index (χ0n) is 20.6. The molecule has 3 rings (SSSR count). The molecular formula is C27H29NO8. The van der Waals surface area contributed by atoms with E-state index in [2.05, 4.69) is 0 Å². The number of hydrogen-bond acceptors (Lipinski definition) is 7. The van der Waals surface area contributed by atoms with E-state index in [-0.39, 0.29) is 29.5 Å². The summed E-state index contributed by atoms with van der Waals surface area (Å²) in [6.07, 6.45) is 0. The number of nitrogens with zero attached hydrogens (tertiary/aromatic N) is 1. The summed E-state index contributed by atoms with van der Waals surface area (Å²) < 4.78 is 27.2. The lowest BCUT2D eigenvalue weighted by Gasteiger charge is -2.24. The van der Waals surface area contributed by atoms with Crippen molar-refractivity contribution in [3.63, 3.8) is 0 Å². The monoisotopic (exact) mass is 495 g/mol. The Morgan fingerprint density at radius 2 is 1.33 bits per heavy atom. The van der Waals surface area contributed by atoms with Gasteiger partial charge in [0.05, 0.1) is 28.4 Å². The van der Waals surface area contributed by atoms with Crippen LogP contribution < -0.4 is 23.7 Å². The summed E-state index contributed by atoms with van der Waals surface area (Å²) >= 11 is 0. The molecule has 0 aliphatic rings. The minimum atomic E-state index is -1.19. The molecule has 0 aliphatic heterocycles. The molecule has 36 heavy (non-hydrogen) atoms. The lowest BCUT2D eigenvalue weighted by atomic mass is 10.1. The fourth-order valence-corrected chi connectivity index (χ4v) is 3.70. The van der Waals surface area contributed by atoms with Gasteiger partial charge in [-0.15, -0.1) is 0 Å². The van der Waals surface area contributed by atoms with Gasteiger partial charge in [0.15, 0.2) is 29.6 Å². The van der Waals surface area contributed by atoms with Crippen LogP contribution in [-0.2, 0) is 17.9 Å². The number of rotatable bonds is 12. The molecule has 0 atom stereocenters. The molecule has 0 fully saturated rings. The Morgan fingerprint density at radius 1 is 0.722 bits per heavy atom. The van der Waals surface area contributed by atoms with Crippen LogP contribution in [0.4, 0.5) is 0 Å². The molecule has 0 saturated heterocycles. The highest BCUT2D eigenvalue weighted by Crippen LogP contribution is 2.38. The summed E-state index contributed by atoms with van der Waals surface area (Å²) in [5.74, 6) is 0.0658. The lowest BCUT2D eigenvalue weighted by molar-refractivity contribution is -0.134. The molecule has 3 aromatic rings. The summed E-state index contributed by atoms with van der Waals surface area (Å²) in [6.45, 7) is 0.126. The molecule has 0 bridgehead atoms. The van der Waals surface area contributed by atoms with E-state index in [1.54, 1.807) is 29.2 Å². The number of carbonyl (C=O) groups excluding carboxylic acids is 1. The van der Waals surface area contributed by atoms with Gasteiger partial charge in [-0.05, 0) is 35.4 Å². The molecule has 190 valence electrons. The molecule has 9 heteroatoms. The third-order valence-corrected chi connectivity index (χ3v) is 5.44. The molecule has 3 aromatic carbocycles. The van der Waals surface area contributed by atoms with Crippen molar-refractivity contribution in [3.05, 3.63) is 77.4 Å². The molecule has 1 N–H and O–H groups in total. The maximum atomic E-state index is 13.4. The van der Waals surface area contributed by atoms with Crippen LogP contribution in [0.15, 0.2) is 60.7 Å². The van der Waals surface area contributed by atoms with Crippen molar-refractivity contribution in [2.45, 2.75) is 13.1 Å². The molecule has 9 nitrogen and oxygen atoms in total. The summed E-state index contributed by atoms with van der Waals surface area (Å²) in [4.78, 5) is 26.6. The van der Waals surface area contributed by atoms with Crippen molar-refractivity contribution in [1.29, 1.82) is 0 Å². The summed E-state index contributed by atoms with van der Waals surface area (Å²) in [6, 6.07) is 17.6. The first-order valence-corrected chi connectivity index (χ1v) is 11.1. The first kappa shape index (κ1) is 26.2. The predicted octanol–water partition coefficient (Wildman–Crippen LogP) is 4.03. The molecule has 0 spiro atoms. The zero-order valence-corrected chi connectivity index (χ0v) is 20.6. The first-order chi connectivity index (χ1) is 17.4. The smallest absolute Gasteiger partial charge is 0.339 e. The van der Waals surface area contributed by atoms with Crippen LogP contribution in [0.3, 0.4) is 0 Å². The van der Waals surface area contributed by atoms with Crippen molar-refractivity contribution >= 4 is 11.9 Å². The van der Waals surface area contributed by atoms with Gasteiger partial charge >= 0.3 is 5.97 Å². The first-order valence-electron chi connectivity index (χ1n) is 11.1. The summed E-state index contributed by atoms with van der Waals surface area (Å²) in [5.41, 5.74) is 1.57. The minimum absolute atomic E-state index is 0.00621. The Hall–Kier alpha value is -4.40. The van der Waals surface area contributed by atoms with Crippen LogP contribution in [-0.4, -0.2) is 56.9 Å². The van der Waals surface area contributed by atoms with Crippen molar-refractivity contribution in [2.24, 2.45) is 0 Å². The number of hydrogen-bond donors (Lipinski definition) is 1. The summed E-state index contributed by atoms with van der Waals surface area (Å²) in [7, 11) is 5.97. The number of carboxylic acids is 1. The molecule has 0 aliphatic carbocycles. The quantitative estimate of drug-likeness (QED) is 0.402. The van der Waals surface area contributed by atoms with Crippen LogP contribution in [0.2, 0.25) is 0 Å². The number of carboxylic acid groups (broad SMARTS) is 1. The topological polar surface area (TPSA) is 104 Å². The van der Waals surface area contributed by atoms with Gasteiger partial charge < -0.3 is 33.7 Å². The van der Waals surface area contributed by atoms with Gasteiger partial charge in [0.25, 0.3) is 5.91 Å². The molecule has 0 heterocycles. The van der Waals surface area contributed by atoms with E-state index in [1.807, 2.05) is 30.3 Å². The Balaban J connectivity index is 1.90. The van der Waals surface area contributed by atoms with Crippen molar-refractivity contribution in [2.75, 3.05) is 35.0 Å². The summed E-state index contributed by atoms with van der Waals surface area (Å²) in [5, 5.41) is 9.53. The van der Waals surface area contributed by atoms with Gasteiger partial charge in [0.1, 0.15) is 5.56 Å². The van der Waals surface area contributed by atoms with Gasteiger partial charge in [0.2, 0.25) is 5.75 Å². The van der Waals surface area contributed by atoms with E-state index in [4.69, 9.17) is 23.7 Å². The average Bonchev–Trinajstić information content (AvgIpc) is 2.90. The highest BCUT2D eigenvalue weighted by molar-refractivity contribution is 5.92. The van der Waals surface area contributed by atoms with Crippen molar-refractivity contribution < 1.29 is 38.4 Å². The fourth-order valence-electron chi connectivity index (χ4n) is 3.70. The fraction of sp³-hybridized carbons (Fsp3) is 0.259. The van der Waals surface area contributed by atoms with Gasteiger partial charge in [-0.25, -0.2) is 4.79 Å². The average molecular weight is 496 g/mol. The number of benzene rings is 3. The normalized spacial score (nSPS) is 10.3. The maximum absolute atomic E-state index is 13.4. The van der Waals surface area contributed by atoms with E-state index < -0.39 is 12.6 Å². The molecule has 1 amide bonds. The zero-order chi connectivity index (χ0) is 26.1. The van der Waals surface area contributed by atoms with Gasteiger partial charge in [-0.3, -0.25) is 4.79 Å². The van der Waals surface area contributed by atoms with Gasteiger partial charge in [0, 0.05) is 13.1 Å². The Labute approximate surface area is 209 Å². The van der Waals surface area contributed by atoms with E-state index in [9.17, 15) is 14.7 Å².